The molecule has 0 aromatic heterocycles. The number of fused-ring (bicyclic) bond motifs is 1. The second-order valence-electron chi connectivity index (χ2n) is 5.61. The first-order valence-electron chi connectivity index (χ1n) is 7.34. The van der Waals surface area contributed by atoms with Crippen LogP contribution in [0.4, 0.5) is 0 Å². The predicted octanol–water partition coefficient (Wildman–Crippen LogP) is 3.90. The van der Waals surface area contributed by atoms with Crippen LogP contribution in [0.3, 0.4) is 0 Å². The minimum Gasteiger partial charge on any atom is -0.508 e. The normalized spacial score (nSPS) is 17.2. The van der Waals surface area contributed by atoms with Crippen LogP contribution < -0.4 is 0 Å². The van der Waals surface area contributed by atoms with Crippen LogP contribution in [0.2, 0.25) is 0 Å². The van der Waals surface area contributed by atoms with Gasteiger partial charge in [0.2, 0.25) is 0 Å². The van der Waals surface area contributed by atoms with Crippen LogP contribution in [-0.2, 0) is 13.0 Å². The maximum absolute atomic E-state index is 9.66. The van der Waals surface area contributed by atoms with Gasteiger partial charge in [0.25, 0.3) is 0 Å². The SMILES string of the molecule is CC(c1cccc(O)c1)N1CCCc2ccccc2C1. The first kappa shape index (κ1) is 13.2. The number of aromatic hydroxyl groups is 1. The molecule has 3 rings (SSSR count). The molecule has 2 aromatic rings. The van der Waals surface area contributed by atoms with E-state index >= 15 is 0 Å². The van der Waals surface area contributed by atoms with Gasteiger partial charge in [0, 0.05) is 12.6 Å². The second kappa shape index (κ2) is 5.68. The Morgan fingerprint density at radius 3 is 2.65 bits per heavy atom. The summed E-state index contributed by atoms with van der Waals surface area (Å²) in [6.07, 6.45) is 2.36. The lowest BCUT2D eigenvalue weighted by atomic mass is 10.0. The van der Waals surface area contributed by atoms with Crippen molar-refractivity contribution in [3.8, 4) is 5.75 Å². The molecule has 104 valence electrons. The Kier molecular flexibility index (Phi) is 3.75. The number of hydrogen-bond donors (Lipinski definition) is 1. The highest BCUT2D eigenvalue weighted by Crippen LogP contribution is 2.28. The van der Waals surface area contributed by atoms with Crippen molar-refractivity contribution in [2.24, 2.45) is 0 Å². The molecule has 2 nitrogen and oxygen atoms in total. The maximum atomic E-state index is 9.66. The lowest BCUT2D eigenvalue weighted by Gasteiger charge is -2.28. The van der Waals surface area contributed by atoms with Crippen LogP contribution in [0.15, 0.2) is 48.5 Å². The fraction of sp³-hybridized carbons (Fsp3) is 0.333. The Labute approximate surface area is 120 Å². The van der Waals surface area contributed by atoms with Gasteiger partial charge in [-0.15, -0.1) is 0 Å². The highest BCUT2D eigenvalue weighted by atomic mass is 16.3. The summed E-state index contributed by atoms with van der Waals surface area (Å²) in [4.78, 5) is 2.50. The van der Waals surface area contributed by atoms with Gasteiger partial charge < -0.3 is 5.11 Å². The molecule has 0 aliphatic carbocycles. The number of benzene rings is 2. The third kappa shape index (κ3) is 2.70. The molecule has 1 aliphatic heterocycles. The van der Waals surface area contributed by atoms with Crippen LogP contribution in [0.1, 0.15) is 36.1 Å². The van der Waals surface area contributed by atoms with E-state index < -0.39 is 0 Å². The lowest BCUT2D eigenvalue weighted by molar-refractivity contribution is 0.204. The Morgan fingerprint density at radius 2 is 1.85 bits per heavy atom. The molecule has 0 bridgehead atoms. The molecule has 0 spiro atoms. The Morgan fingerprint density at radius 1 is 1.05 bits per heavy atom. The fourth-order valence-corrected chi connectivity index (χ4v) is 3.05. The number of nitrogens with zero attached hydrogens (tertiary/aromatic N) is 1. The van der Waals surface area contributed by atoms with E-state index in [2.05, 4.69) is 42.2 Å². The van der Waals surface area contributed by atoms with Crippen molar-refractivity contribution in [1.29, 1.82) is 0 Å². The van der Waals surface area contributed by atoms with Crippen molar-refractivity contribution in [2.75, 3.05) is 6.54 Å². The van der Waals surface area contributed by atoms with E-state index in [0.29, 0.717) is 11.8 Å². The van der Waals surface area contributed by atoms with E-state index in [0.717, 1.165) is 13.1 Å². The predicted molar refractivity (Wildman–Crippen MR) is 81.7 cm³/mol. The van der Waals surface area contributed by atoms with E-state index in [9.17, 15) is 5.11 Å². The molecule has 0 amide bonds. The largest absolute Gasteiger partial charge is 0.508 e. The topological polar surface area (TPSA) is 23.5 Å². The van der Waals surface area contributed by atoms with E-state index in [-0.39, 0.29) is 0 Å². The van der Waals surface area contributed by atoms with Crippen LogP contribution in [0.25, 0.3) is 0 Å². The summed E-state index contributed by atoms with van der Waals surface area (Å²) in [6.45, 7) is 4.32. The Bertz CT molecular complexity index is 593. The smallest absolute Gasteiger partial charge is 0.115 e. The van der Waals surface area contributed by atoms with Gasteiger partial charge in [0.15, 0.2) is 0 Å². The molecule has 2 heteroatoms. The van der Waals surface area contributed by atoms with Gasteiger partial charge in [-0.25, -0.2) is 0 Å². The Balaban J connectivity index is 1.84. The van der Waals surface area contributed by atoms with Crippen molar-refractivity contribution in [1.82, 2.24) is 4.90 Å². The molecule has 1 N–H and O–H groups in total. The zero-order valence-electron chi connectivity index (χ0n) is 11.9. The van der Waals surface area contributed by atoms with Crippen LogP contribution in [-0.4, -0.2) is 16.6 Å². The van der Waals surface area contributed by atoms with E-state index in [4.69, 9.17) is 0 Å². The lowest BCUT2D eigenvalue weighted by Crippen LogP contribution is -2.26. The van der Waals surface area contributed by atoms with Crippen LogP contribution in [0.5, 0.6) is 5.75 Å². The van der Waals surface area contributed by atoms with E-state index in [1.807, 2.05) is 12.1 Å². The molecule has 1 atom stereocenters. The number of aryl methyl sites for hydroxylation is 1. The van der Waals surface area contributed by atoms with E-state index in [1.54, 1.807) is 6.07 Å². The van der Waals surface area contributed by atoms with Crippen molar-refractivity contribution in [3.63, 3.8) is 0 Å². The molecular formula is C18H21NO. The third-order valence-corrected chi connectivity index (χ3v) is 4.28. The molecule has 0 fully saturated rings. The molecule has 2 aromatic carbocycles. The van der Waals surface area contributed by atoms with Gasteiger partial charge in [-0.05, 0) is 55.1 Å². The maximum Gasteiger partial charge on any atom is 0.115 e. The molecule has 1 heterocycles. The summed E-state index contributed by atoms with van der Waals surface area (Å²) in [5, 5.41) is 9.66. The summed E-state index contributed by atoms with van der Waals surface area (Å²) in [6, 6.07) is 16.7. The second-order valence-corrected chi connectivity index (χ2v) is 5.61. The average molecular weight is 267 g/mol. The fourth-order valence-electron chi connectivity index (χ4n) is 3.05. The average Bonchev–Trinajstić information content (AvgIpc) is 2.68. The number of phenolic OH excluding ortho intramolecular Hbond substituents is 1. The summed E-state index contributed by atoms with van der Waals surface area (Å²) in [5.74, 6) is 0.351. The quantitative estimate of drug-likeness (QED) is 0.892. The van der Waals surface area contributed by atoms with Crippen molar-refractivity contribution in [2.45, 2.75) is 32.4 Å². The molecule has 0 radical (unpaired) electrons. The minimum atomic E-state index is 0.327. The zero-order chi connectivity index (χ0) is 13.9. The highest BCUT2D eigenvalue weighted by molar-refractivity contribution is 5.31. The molecular weight excluding hydrogens is 246 g/mol. The highest BCUT2D eigenvalue weighted by Gasteiger charge is 2.20. The molecule has 1 aliphatic rings. The Hall–Kier alpha value is -1.80. The number of rotatable bonds is 2. The van der Waals surface area contributed by atoms with Crippen LogP contribution >= 0.6 is 0 Å². The van der Waals surface area contributed by atoms with Gasteiger partial charge in [-0.3, -0.25) is 4.90 Å². The summed E-state index contributed by atoms with van der Waals surface area (Å²) in [7, 11) is 0. The first-order chi connectivity index (χ1) is 9.74. The monoisotopic (exact) mass is 267 g/mol. The third-order valence-electron chi connectivity index (χ3n) is 4.28. The molecule has 1 unspecified atom stereocenters. The van der Waals surface area contributed by atoms with Gasteiger partial charge in [0.05, 0.1) is 0 Å². The van der Waals surface area contributed by atoms with E-state index in [1.165, 1.54) is 29.5 Å². The molecule has 20 heavy (non-hydrogen) atoms. The standard InChI is InChI=1S/C18H21NO/c1-14(16-8-4-10-18(20)12-16)19-11-5-9-15-6-2-3-7-17(15)13-19/h2-4,6-8,10,12,14,20H,5,9,11,13H2,1H3. The molecule has 0 saturated heterocycles. The van der Waals surface area contributed by atoms with Crippen molar-refractivity contribution >= 4 is 0 Å². The molecule has 0 saturated carbocycles. The zero-order valence-corrected chi connectivity index (χ0v) is 11.9. The minimum absolute atomic E-state index is 0.327. The van der Waals surface area contributed by atoms with Gasteiger partial charge >= 0.3 is 0 Å². The van der Waals surface area contributed by atoms with Gasteiger partial charge in [-0.1, -0.05) is 36.4 Å². The summed E-state index contributed by atoms with van der Waals surface area (Å²) < 4.78 is 0. The number of hydrogen-bond acceptors (Lipinski definition) is 2. The number of phenols is 1. The first-order valence-corrected chi connectivity index (χ1v) is 7.34. The summed E-state index contributed by atoms with van der Waals surface area (Å²) >= 11 is 0. The van der Waals surface area contributed by atoms with Crippen molar-refractivity contribution < 1.29 is 5.11 Å². The summed E-state index contributed by atoms with van der Waals surface area (Å²) in [5.41, 5.74) is 4.11. The van der Waals surface area contributed by atoms with Crippen molar-refractivity contribution in [3.05, 3.63) is 65.2 Å². The van der Waals surface area contributed by atoms with Crippen LogP contribution in [0, 0.1) is 0 Å². The van der Waals surface area contributed by atoms with Gasteiger partial charge in [-0.2, -0.15) is 0 Å². The van der Waals surface area contributed by atoms with Gasteiger partial charge in [0.1, 0.15) is 5.75 Å².